The highest BCUT2D eigenvalue weighted by Crippen LogP contribution is 2.29. The molecule has 0 saturated heterocycles. The molecule has 0 atom stereocenters. The fourth-order valence-corrected chi connectivity index (χ4v) is 2.03. The Morgan fingerprint density at radius 1 is 0.900 bits per heavy atom. The van der Waals surface area contributed by atoms with Crippen LogP contribution in [0.4, 0.5) is 13.2 Å². The van der Waals surface area contributed by atoms with Gasteiger partial charge in [0.05, 0.1) is 5.56 Å². The third kappa shape index (κ3) is 4.10. The summed E-state index contributed by atoms with van der Waals surface area (Å²) in [5, 5.41) is 3.16. The SMILES string of the molecule is Cc1cccc(CNCc2cccc(C(F)(F)F)c2)c1. The van der Waals surface area contributed by atoms with Crippen molar-refractivity contribution < 1.29 is 13.2 Å². The molecule has 4 heteroatoms. The molecule has 0 heterocycles. The molecule has 2 aromatic carbocycles. The third-order valence-corrected chi connectivity index (χ3v) is 3.00. The van der Waals surface area contributed by atoms with Gasteiger partial charge in [-0.15, -0.1) is 0 Å². The van der Waals surface area contributed by atoms with Gasteiger partial charge in [0, 0.05) is 13.1 Å². The molecule has 0 fully saturated rings. The molecule has 0 bridgehead atoms. The van der Waals surface area contributed by atoms with Crippen LogP contribution in [-0.2, 0) is 19.3 Å². The Bertz CT molecular complexity index is 576. The summed E-state index contributed by atoms with van der Waals surface area (Å²) in [6, 6.07) is 13.4. The van der Waals surface area contributed by atoms with Crippen LogP contribution in [0.1, 0.15) is 22.3 Å². The maximum absolute atomic E-state index is 12.6. The van der Waals surface area contributed by atoms with Gasteiger partial charge in [-0.2, -0.15) is 13.2 Å². The molecule has 1 N–H and O–H groups in total. The zero-order chi connectivity index (χ0) is 14.6. The van der Waals surface area contributed by atoms with E-state index < -0.39 is 11.7 Å². The molecule has 0 unspecified atom stereocenters. The van der Waals surface area contributed by atoms with E-state index >= 15 is 0 Å². The molecule has 0 saturated carbocycles. The van der Waals surface area contributed by atoms with Gasteiger partial charge in [-0.3, -0.25) is 0 Å². The van der Waals surface area contributed by atoms with Crippen molar-refractivity contribution in [1.29, 1.82) is 0 Å². The van der Waals surface area contributed by atoms with Crippen molar-refractivity contribution in [2.24, 2.45) is 0 Å². The van der Waals surface area contributed by atoms with Gasteiger partial charge in [0.15, 0.2) is 0 Å². The van der Waals surface area contributed by atoms with E-state index in [1.165, 1.54) is 17.7 Å². The molecule has 2 aromatic rings. The van der Waals surface area contributed by atoms with E-state index in [0.717, 1.165) is 11.6 Å². The fourth-order valence-electron chi connectivity index (χ4n) is 2.03. The van der Waals surface area contributed by atoms with E-state index in [1.54, 1.807) is 6.07 Å². The first kappa shape index (κ1) is 14.6. The van der Waals surface area contributed by atoms with Crippen LogP contribution in [0, 0.1) is 6.92 Å². The highest BCUT2D eigenvalue weighted by Gasteiger charge is 2.30. The number of halogens is 3. The predicted octanol–water partition coefficient (Wildman–Crippen LogP) is 4.30. The van der Waals surface area contributed by atoms with Gasteiger partial charge in [0.25, 0.3) is 0 Å². The molecular formula is C16H16F3N. The van der Waals surface area contributed by atoms with Crippen LogP contribution in [0.5, 0.6) is 0 Å². The van der Waals surface area contributed by atoms with Gasteiger partial charge in [-0.05, 0) is 24.1 Å². The zero-order valence-electron chi connectivity index (χ0n) is 11.2. The number of rotatable bonds is 4. The van der Waals surface area contributed by atoms with E-state index in [1.807, 2.05) is 25.1 Å². The molecule has 0 aliphatic carbocycles. The Labute approximate surface area is 116 Å². The topological polar surface area (TPSA) is 12.0 Å². The molecule has 0 aromatic heterocycles. The Hall–Kier alpha value is -1.81. The summed E-state index contributed by atoms with van der Waals surface area (Å²) in [7, 11) is 0. The normalized spacial score (nSPS) is 11.6. The van der Waals surface area contributed by atoms with Gasteiger partial charge in [-0.25, -0.2) is 0 Å². The molecule has 0 spiro atoms. The molecule has 0 radical (unpaired) electrons. The number of hydrogen-bond acceptors (Lipinski definition) is 1. The minimum Gasteiger partial charge on any atom is -0.309 e. The maximum Gasteiger partial charge on any atom is 0.416 e. The van der Waals surface area contributed by atoms with Crippen LogP contribution < -0.4 is 5.32 Å². The van der Waals surface area contributed by atoms with Crippen LogP contribution in [-0.4, -0.2) is 0 Å². The first-order valence-corrected chi connectivity index (χ1v) is 6.37. The Morgan fingerprint density at radius 2 is 1.50 bits per heavy atom. The third-order valence-electron chi connectivity index (χ3n) is 3.00. The Morgan fingerprint density at radius 3 is 2.10 bits per heavy atom. The smallest absolute Gasteiger partial charge is 0.309 e. The lowest BCUT2D eigenvalue weighted by Crippen LogP contribution is -2.13. The second-order valence-corrected chi connectivity index (χ2v) is 4.79. The number of nitrogens with one attached hydrogen (secondary N) is 1. The molecule has 106 valence electrons. The van der Waals surface area contributed by atoms with Gasteiger partial charge >= 0.3 is 6.18 Å². The van der Waals surface area contributed by atoms with Crippen molar-refractivity contribution in [2.45, 2.75) is 26.2 Å². The van der Waals surface area contributed by atoms with Gasteiger partial charge < -0.3 is 5.32 Å². The average Bonchev–Trinajstić information content (AvgIpc) is 2.38. The molecule has 20 heavy (non-hydrogen) atoms. The lowest BCUT2D eigenvalue weighted by Gasteiger charge is -2.10. The maximum atomic E-state index is 12.6. The second-order valence-electron chi connectivity index (χ2n) is 4.79. The second kappa shape index (κ2) is 6.09. The monoisotopic (exact) mass is 279 g/mol. The largest absolute Gasteiger partial charge is 0.416 e. The summed E-state index contributed by atoms with van der Waals surface area (Å²) in [6.07, 6.45) is -4.29. The Kier molecular flexibility index (Phi) is 4.45. The summed E-state index contributed by atoms with van der Waals surface area (Å²) >= 11 is 0. The van der Waals surface area contributed by atoms with Gasteiger partial charge in [-0.1, -0.05) is 48.0 Å². The van der Waals surface area contributed by atoms with Crippen LogP contribution >= 0.6 is 0 Å². The number of alkyl halides is 3. The lowest BCUT2D eigenvalue weighted by atomic mass is 10.1. The van der Waals surface area contributed by atoms with Gasteiger partial charge in [0.2, 0.25) is 0 Å². The number of aryl methyl sites for hydroxylation is 1. The molecular weight excluding hydrogens is 263 g/mol. The van der Waals surface area contributed by atoms with Crippen molar-refractivity contribution in [3.8, 4) is 0 Å². The quantitative estimate of drug-likeness (QED) is 0.879. The van der Waals surface area contributed by atoms with E-state index in [9.17, 15) is 13.2 Å². The van der Waals surface area contributed by atoms with E-state index in [-0.39, 0.29) is 0 Å². The fraction of sp³-hybridized carbons (Fsp3) is 0.250. The summed E-state index contributed by atoms with van der Waals surface area (Å²) in [4.78, 5) is 0. The molecule has 0 aliphatic rings. The van der Waals surface area contributed by atoms with E-state index in [4.69, 9.17) is 0 Å². The highest BCUT2D eigenvalue weighted by atomic mass is 19.4. The highest BCUT2D eigenvalue weighted by molar-refractivity contribution is 5.26. The minimum atomic E-state index is -4.29. The first-order chi connectivity index (χ1) is 9.45. The van der Waals surface area contributed by atoms with Crippen molar-refractivity contribution >= 4 is 0 Å². The Balaban J connectivity index is 1.94. The van der Waals surface area contributed by atoms with Crippen LogP contribution in [0.25, 0.3) is 0 Å². The molecule has 1 nitrogen and oxygen atoms in total. The molecule has 0 amide bonds. The zero-order valence-corrected chi connectivity index (χ0v) is 11.2. The standard InChI is InChI=1S/C16H16F3N/c1-12-4-2-5-13(8-12)10-20-11-14-6-3-7-15(9-14)16(17,18)19/h2-9,20H,10-11H2,1H3. The van der Waals surface area contributed by atoms with Crippen LogP contribution in [0.15, 0.2) is 48.5 Å². The summed E-state index contributed by atoms with van der Waals surface area (Å²) in [5.41, 5.74) is 2.32. The number of benzene rings is 2. The minimum absolute atomic E-state index is 0.415. The van der Waals surface area contributed by atoms with E-state index in [0.29, 0.717) is 18.7 Å². The summed E-state index contributed by atoms with van der Waals surface area (Å²) in [5.74, 6) is 0. The van der Waals surface area contributed by atoms with Crippen molar-refractivity contribution in [2.75, 3.05) is 0 Å². The average molecular weight is 279 g/mol. The predicted molar refractivity (Wildman–Crippen MR) is 73.2 cm³/mol. The number of hydrogen-bond donors (Lipinski definition) is 1. The molecule has 0 aliphatic heterocycles. The van der Waals surface area contributed by atoms with Crippen LogP contribution in [0.2, 0.25) is 0 Å². The van der Waals surface area contributed by atoms with Crippen molar-refractivity contribution in [3.63, 3.8) is 0 Å². The first-order valence-electron chi connectivity index (χ1n) is 6.37. The summed E-state index contributed by atoms with van der Waals surface area (Å²) in [6.45, 7) is 3.06. The van der Waals surface area contributed by atoms with Gasteiger partial charge in [0.1, 0.15) is 0 Å². The lowest BCUT2D eigenvalue weighted by molar-refractivity contribution is -0.137. The van der Waals surface area contributed by atoms with Crippen molar-refractivity contribution in [1.82, 2.24) is 5.32 Å². The molecule has 2 rings (SSSR count). The summed E-state index contributed by atoms with van der Waals surface area (Å²) < 4.78 is 37.7. The van der Waals surface area contributed by atoms with Crippen LogP contribution in [0.3, 0.4) is 0 Å². The van der Waals surface area contributed by atoms with Crippen molar-refractivity contribution in [3.05, 3.63) is 70.8 Å². The van der Waals surface area contributed by atoms with E-state index in [2.05, 4.69) is 11.4 Å².